The van der Waals surface area contributed by atoms with Crippen LogP contribution in [-0.2, 0) is 14.3 Å². The van der Waals surface area contributed by atoms with Gasteiger partial charge in [0.25, 0.3) is 5.91 Å². The average molecular weight is 455 g/mol. The lowest BCUT2D eigenvalue weighted by Gasteiger charge is -2.34. The maximum atomic E-state index is 12.8. The van der Waals surface area contributed by atoms with Gasteiger partial charge in [-0.15, -0.1) is 0 Å². The number of esters is 1. The van der Waals surface area contributed by atoms with Crippen LogP contribution < -0.4 is 16.1 Å². The molecule has 4 N–H and O–H groups in total. The summed E-state index contributed by atoms with van der Waals surface area (Å²) < 4.78 is 5.92. The molecule has 3 rings (SSSR count). The van der Waals surface area contributed by atoms with Crippen molar-refractivity contribution in [3.8, 4) is 0 Å². The lowest BCUT2D eigenvalue weighted by Crippen LogP contribution is -2.54. The van der Waals surface area contributed by atoms with Gasteiger partial charge in [0.2, 0.25) is 0 Å². The molecule has 1 saturated heterocycles. The third kappa shape index (κ3) is 4.29. The summed E-state index contributed by atoms with van der Waals surface area (Å²) in [7, 11) is 0. The van der Waals surface area contributed by atoms with E-state index in [1.165, 1.54) is 0 Å². The molecule has 28 heavy (non-hydrogen) atoms. The number of carbonyl (C=O) groups excluding carboxylic acids is 3. The van der Waals surface area contributed by atoms with Crippen molar-refractivity contribution in [1.82, 2.24) is 15.8 Å². The van der Waals surface area contributed by atoms with Gasteiger partial charge in [-0.25, -0.2) is 4.79 Å². The van der Waals surface area contributed by atoms with Crippen molar-refractivity contribution in [2.24, 2.45) is 5.92 Å². The number of imide groups is 1. The normalized spacial score (nSPS) is 25.5. The first kappa shape index (κ1) is 20.6. The standard InChI is InChI=1S/C18H23BrN4O5/c1-2-28-14(24)11-7-9-18(10-8-11)15(25)23(17(27)21-18)22-16(26)20-13-5-3-12(19)4-6-13/h3-6,11,16,20,22,26H,2,7-10H2,1H3,(H,21,27). The number of hydrogen-bond acceptors (Lipinski definition) is 7. The molecule has 1 aliphatic heterocycles. The quantitative estimate of drug-likeness (QED) is 0.293. The number of benzene rings is 1. The number of amides is 3. The van der Waals surface area contributed by atoms with E-state index in [9.17, 15) is 19.5 Å². The minimum atomic E-state index is -1.35. The van der Waals surface area contributed by atoms with Crippen LogP contribution in [0.5, 0.6) is 0 Å². The Balaban J connectivity index is 1.59. The molecular weight excluding hydrogens is 432 g/mol. The molecule has 1 spiro atoms. The summed E-state index contributed by atoms with van der Waals surface area (Å²) >= 11 is 3.32. The molecule has 1 heterocycles. The van der Waals surface area contributed by atoms with E-state index >= 15 is 0 Å². The van der Waals surface area contributed by atoms with Crippen LogP contribution in [0.1, 0.15) is 32.6 Å². The molecule has 0 bridgehead atoms. The van der Waals surface area contributed by atoms with Crippen molar-refractivity contribution >= 4 is 39.5 Å². The Morgan fingerprint density at radius 3 is 2.61 bits per heavy atom. The minimum absolute atomic E-state index is 0.262. The van der Waals surface area contributed by atoms with E-state index in [1.54, 1.807) is 31.2 Å². The lowest BCUT2D eigenvalue weighted by molar-refractivity contribution is -0.151. The van der Waals surface area contributed by atoms with Gasteiger partial charge in [0.1, 0.15) is 5.54 Å². The molecule has 1 unspecified atom stereocenters. The number of nitrogens with one attached hydrogen (secondary N) is 3. The van der Waals surface area contributed by atoms with E-state index in [0.717, 1.165) is 9.48 Å². The zero-order valence-corrected chi connectivity index (χ0v) is 17.0. The van der Waals surface area contributed by atoms with Crippen LogP contribution in [0, 0.1) is 5.92 Å². The summed E-state index contributed by atoms with van der Waals surface area (Å²) in [5.41, 5.74) is 2.04. The van der Waals surface area contributed by atoms with Gasteiger partial charge in [-0.1, -0.05) is 15.9 Å². The van der Waals surface area contributed by atoms with E-state index in [0.29, 0.717) is 38.0 Å². The van der Waals surface area contributed by atoms with Gasteiger partial charge in [0.15, 0.2) is 6.35 Å². The Kier molecular flexibility index (Phi) is 6.21. The SMILES string of the molecule is CCOC(=O)C1CCC2(CC1)NC(=O)N(NC(O)Nc1ccc(Br)cc1)C2=O. The summed E-state index contributed by atoms with van der Waals surface area (Å²) in [4.78, 5) is 37.0. The largest absolute Gasteiger partial charge is 0.466 e. The first-order chi connectivity index (χ1) is 13.3. The molecule has 2 fully saturated rings. The third-order valence-electron chi connectivity index (χ3n) is 5.02. The fraction of sp³-hybridized carbons (Fsp3) is 0.500. The second kappa shape index (κ2) is 8.46. The smallest absolute Gasteiger partial charge is 0.339 e. The molecule has 0 aromatic heterocycles. The maximum absolute atomic E-state index is 12.8. The first-order valence-corrected chi connectivity index (χ1v) is 9.93. The van der Waals surface area contributed by atoms with E-state index in [4.69, 9.17) is 4.74 Å². The maximum Gasteiger partial charge on any atom is 0.339 e. The number of halogens is 1. The van der Waals surface area contributed by atoms with Crippen LogP contribution in [0.4, 0.5) is 10.5 Å². The summed E-state index contributed by atoms with van der Waals surface area (Å²) in [6, 6.07) is 6.42. The molecule has 3 amide bonds. The third-order valence-corrected chi connectivity index (χ3v) is 5.55. The predicted octanol–water partition coefficient (Wildman–Crippen LogP) is 1.69. The van der Waals surface area contributed by atoms with Crippen LogP contribution >= 0.6 is 15.9 Å². The highest BCUT2D eigenvalue weighted by molar-refractivity contribution is 9.10. The summed E-state index contributed by atoms with van der Waals surface area (Å²) in [5.74, 6) is -0.989. The fourth-order valence-electron chi connectivity index (χ4n) is 3.54. The molecule has 1 aromatic carbocycles. The van der Waals surface area contributed by atoms with Crippen LogP contribution in [0.3, 0.4) is 0 Å². The van der Waals surface area contributed by atoms with Crippen molar-refractivity contribution in [1.29, 1.82) is 0 Å². The van der Waals surface area contributed by atoms with Crippen molar-refractivity contribution in [2.45, 2.75) is 44.5 Å². The van der Waals surface area contributed by atoms with E-state index in [1.807, 2.05) is 0 Å². The molecule has 9 nitrogen and oxygen atoms in total. The summed E-state index contributed by atoms with van der Waals surface area (Å²) in [6.45, 7) is 2.07. The first-order valence-electron chi connectivity index (χ1n) is 9.14. The number of aliphatic hydroxyl groups excluding tert-OH is 1. The minimum Gasteiger partial charge on any atom is -0.466 e. The van der Waals surface area contributed by atoms with Crippen molar-refractivity contribution < 1.29 is 24.2 Å². The monoisotopic (exact) mass is 454 g/mol. The van der Waals surface area contributed by atoms with Crippen LogP contribution in [0.2, 0.25) is 0 Å². The van der Waals surface area contributed by atoms with E-state index in [-0.39, 0.29) is 11.9 Å². The number of hydrazine groups is 1. The van der Waals surface area contributed by atoms with Gasteiger partial charge in [0, 0.05) is 10.2 Å². The molecule has 1 aliphatic carbocycles. The van der Waals surface area contributed by atoms with Crippen molar-refractivity contribution in [3.63, 3.8) is 0 Å². The topological polar surface area (TPSA) is 120 Å². The highest BCUT2D eigenvalue weighted by atomic mass is 79.9. The zero-order valence-electron chi connectivity index (χ0n) is 15.4. The predicted molar refractivity (Wildman–Crippen MR) is 104 cm³/mol. The molecule has 2 aliphatic rings. The highest BCUT2D eigenvalue weighted by Crippen LogP contribution is 2.36. The number of anilines is 1. The van der Waals surface area contributed by atoms with Gasteiger partial charge in [-0.3, -0.25) is 9.59 Å². The van der Waals surface area contributed by atoms with Crippen LogP contribution in [0.25, 0.3) is 0 Å². The Bertz CT molecular complexity index is 749. The molecule has 0 radical (unpaired) electrons. The van der Waals surface area contributed by atoms with Crippen molar-refractivity contribution in [2.75, 3.05) is 11.9 Å². The number of nitrogens with zero attached hydrogens (tertiary/aromatic N) is 1. The molecule has 1 saturated carbocycles. The zero-order chi connectivity index (χ0) is 20.3. The van der Waals surface area contributed by atoms with Gasteiger partial charge in [-0.2, -0.15) is 10.4 Å². The van der Waals surface area contributed by atoms with Crippen LogP contribution in [0.15, 0.2) is 28.7 Å². The van der Waals surface area contributed by atoms with Gasteiger partial charge < -0.3 is 20.5 Å². The summed E-state index contributed by atoms with van der Waals surface area (Å²) in [5, 5.41) is 16.4. The number of ether oxygens (including phenoxy) is 1. The molecule has 10 heteroatoms. The average Bonchev–Trinajstić information content (AvgIpc) is 2.88. The Hall–Kier alpha value is -2.17. The lowest BCUT2D eigenvalue weighted by atomic mass is 9.76. The number of rotatable bonds is 6. The van der Waals surface area contributed by atoms with Crippen molar-refractivity contribution in [3.05, 3.63) is 28.7 Å². The Morgan fingerprint density at radius 2 is 2.00 bits per heavy atom. The Labute approximate surface area is 170 Å². The fourth-order valence-corrected chi connectivity index (χ4v) is 3.81. The van der Waals surface area contributed by atoms with Gasteiger partial charge >= 0.3 is 12.0 Å². The molecule has 1 aromatic rings. The highest BCUT2D eigenvalue weighted by Gasteiger charge is 2.53. The number of hydrogen-bond donors (Lipinski definition) is 4. The Morgan fingerprint density at radius 1 is 1.36 bits per heavy atom. The molecule has 1 atom stereocenters. The molecule has 152 valence electrons. The molecular formula is C18H23BrN4O5. The van der Waals surface area contributed by atoms with E-state index < -0.39 is 23.8 Å². The van der Waals surface area contributed by atoms with Crippen LogP contribution in [-0.4, -0.2) is 46.5 Å². The van der Waals surface area contributed by atoms with E-state index in [2.05, 4.69) is 32.0 Å². The summed E-state index contributed by atoms with van der Waals surface area (Å²) in [6.07, 6.45) is 0.253. The number of urea groups is 1. The number of carbonyl (C=O) groups is 3. The number of aliphatic hydroxyl groups is 1. The van der Waals surface area contributed by atoms with Gasteiger partial charge in [-0.05, 0) is 56.9 Å². The second-order valence-corrected chi connectivity index (χ2v) is 7.78. The van der Waals surface area contributed by atoms with Gasteiger partial charge in [0.05, 0.1) is 12.5 Å². The second-order valence-electron chi connectivity index (χ2n) is 6.86.